The summed E-state index contributed by atoms with van der Waals surface area (Å²) in [6.07, 6.45) is 17.9. The minimum atomic E-state index is -1.67. The fourth-order valence-corrected chi connectivity index (χ4v) is 13.6. The second-order valence-electron chi connectivity index (χ2n) is 18.8. The quantitative estimate of drug-likeness (QED) is 0.0559. The maximum absolute atomic E-state index is 10.6. The van der Waals surface area contributed by atoms with Crippen LogP contribution in [0.4, 0.5) is 0 Å². The van der Waals surface area contributed by atoms with Crippen molar-refractivity contribution in [3.05, 3.63) is 41.8 Å². The lowest BCUT2D eigenvalue weighted by Crippen LogP contribution is -2.35. The van der Waals surface area contributed by atoms with Crippen molar-refractivity contribution in [3.8, 4) is 74.9 Å². The van der Waals surface area contributed by atoms with E-state index in [1.807, 2.05) is 0 Å². The van der Waals surface area contributed by atoms with Crippen molar-refractivity contribution < 1.29 is 38.5 Å². The van der Waals surface area contributed by atoms with Crippen molar-refractivity contribution in [2.24, 2.45) is 16.7 Å². The zero-order valence-electron chi connectivity index (χ0n) is 40.5. The van der Waals surface area contributed by atoms with Gasteiger partial charge in [0.05, 0.1) is 54.7 Å². The zero-order valence-corrected chi connectivity index (χ0v) is 43.8. The van der Waals surface area contributed by atoms with Crippen LogP contribution in [0, 0.1) is 16.7 Å². The summed E-state index contributed by atoms with van der Waals surface area (Å²) in [6.45, 7) is 16.5. The van der Waals surface area contributed by atoms with Crippen molar-refractivity contribution in [2.45, 2.75) is 144 Å². The van der Waals surface area contributed by atoms with Gasteiger partial charge in [-0.2, -0.15) is 0 Å². The maximum Gasteiger partial charge on any atom is 0.503 e. The molecular weight excluding hydrogens is 904 g/mol. The Morgan fingerprint density at radius 1 is 0.606 bits per heavy atom. The molecule has 66 heavy (non-hydrogen) atoms. The highest BCUT2D eigenvalue weighted by Crippen LogP contribution is 2.54. The number of hydrogen-bond donors (Lipinski definition) is 2. The predicted molar refractivity (Wildman–Crippen MR) is 280 cm³/mol. The highest BCUT2D eigenvalue weighted by molar-refractivity contribution is 7.29. The van der Waals surface area contributed by atoms with Gasteiger partial charge < -0.3 is 38.5 Å². The van der Waals surface area contributed by atoms with Crippen LogP contribution >= 0.6 is 45.3 Å². The van der Waals surface area contributed by atoms with Gasteiger partial charge >= 0.3 is 7.12 Å². The Morgan fingerprint density at radius 2 is 1.11 bits per heavy atom. The molecule has 8 nitrogen and oxygen atoms in total. The third-order valence-electron chi connectivity index (χ3n) is 13.7. The molecule has 0 spiro atoms. The number of unbranched alkanes of at least 4 members (excludes halogenated alkanes) is 5. The molecule has 0 fully saturated rings. The van der Waals surface area contributed by atoms with Gasteiger partial charge in [0.1, 0.15) is 11.5 Å². The van der Waals surface area contributed by atoms with Gasteiger partial charge in [-0.1, -0.05) is 112 Å². The first kappa shape index (κ1) is 50.7. The molecule has 1 atom stereocenters. The molecule has 13 heteroatoms. The minimum Gasteiger partial charge on any atom is -0.496 e. The number of rotatable bonds is 25. The van der Waals surface area contributed by atoms with Gasteiger partial charge in [0.15, 0.2) is 23.0 Å². The van der Waals surface area contributed by atoms with E-state index in [2.05, 4.69) is 83.3 Å². The molecule has 360 valence electrons. The van der Waals surface area contributed by atoms with Crippen LogP contribution in [0.2, 0.25) is 0 Å². The van der Waals surface area contributed by atoms with Crippen LogP contribution in [-0.2, 0) is 0 Å². The lowest BCUT2D eigenvalue weighted by molar-refractivity contribution is 0.0795. The smallest absolute Gasteiger partial charge is 0.496 e. The van der Waals surface area contributed by atoms with E-state index in [0.717, 1.165) is 134 Å². The molecule has 0 aliphatic carbocycles. The molecule has 2 N–H and O–H groups in total. The molecule has 6 heterocycles. The standard InChI is InChI=1S/C53H73BO8S4/c1-8-14-19-36(13-6)30-58-40-29-37(42-21-23-45(65-42)50-47-48(51(66-50)54(55)56)62-35-53(34-61-47,26-17-11-4)27-18-12-5)39(57-7)28-38(40)43-20-22-44(64-43)49-46-41(31-63-49)59-32-52(33-60-46,24-15-9-2)25-16-10-3/h20-23,28-29,31,36,55-56H,8-19,24-27,30,32-35H2,1-7H3. The van der Waals surface area contributed by atoms with Crippen molar-refractivity contribution in [1.29, 1.82) is 0 Å². The molecule has 0 bridgehead atoms. The van der Waals surface area contributed by atoms with Crippen LogP contribution in [-0.4, -0.2) is 57.3 Å². The SMILES string of the molecule is CCCCC(CC)COc1cc(-c2ccc(-c3sc(B(O)O)c4c3OCC(CCCC)(CCCC)CO4)s2)c(OC)cc1-c1ccc(-c2scc3c2OCC(CCCC)(CCCC)CO3)s1. The van der Waals surface area contributed by atoms with Gasteiger partial charge in [0.2, 0.25) is 0 Å². The van der Waals surface area contributed by atoms with Gasteiger partial charge in [-0.25, -0.2) is 0 Å². The summed E-state index contributed by atoms with van der Waals surface area (Å²) in [7, 11) is 0.0620. The normalized spacial score (nSPS) is 15.6. The second kappa shape index (κ2) is 23.9. The topological polar surface area (TPSA) is 95.8 Å². The van der Waals surface area contributed by atoms with E-state index in [0.29, 0.717) is 55.2 Å². The van der Waals surface area contributed by atoms with Gasteiger partial charge in [-0.05, 0) is 74.4 Å². The van der Waals surface area contributed by atoms with Crippen LogP contribution < -0.4 is 33.2 Å². The van der Waals surface area contributed by atoms with Gasteiger partial charge in [0, 0.05) is 46.8 Å². The lowest BCUT2D eigenvalue weighted by Gasteiger charge is -2.31. The van der Waals surface area contributed by atoms with Crippen molar-refractivity contribution in [1.82, 2.24) is 0 Å². The summed E-state index contributed by atoms with van der Waals surface area (Å²) in [5.74, 6) is 4.83. The summed E-state index contributed by atoms with van der Waals surface area (Å²) in [6, 6.07) is 12.9. The number of thiophene rings is 4. The summed E-state index contributed by atoms with van der Waals surface area (Å²) in [5, 5.41) is 23.3. The van der Waals surface area contributed by atoms with Crippen LogP contribution in [0.25, 0.3) is 40.4 Å². The van der Waals surface area contributed by atoms with Crippen LogP contribution in [0.3, 0.4) is 0 Å². The summed E-state index contributed by atoms with van der Waals surface area (Å²) < 4.78 is 40.1. The molecule has 2 aliphatic heterocycles. The zero-order chi connectivity index (χ0) is 46.7. The molecule has 1 unspecified atom stereocenters. The van der Waals surface area contributed by atoms with E-state index in [4.69, 9.17) is 28.4 Å². The molecule has 7 rings (SSSR count). The molecule has 2 aliphatic rings. The summed E-state index contributed by atoms with van der Waals surface area (Å²) in [4.78, 5) is 6.17. The Balaban J connectivity index is 1.22. The number of hydrogen-bond acceptors (Lipinski definition) is 12. The monoisotopic (exact) mass is 976 g/mol. The van der Waals surface area contributed by atoms with Crippen molar-refractivity contribution in [2.75, 3.05) is 40.1 Å². The second-order valence-corrected chi connectivity index (χ2v) is 22.9. The largest absolute Gasteiger partial charge is 0.503 e. The Hall–Kier alpha value is -3.20. The third-order valence-corrected chi connectivity index (χ3v) is 18.4. The van der Waals surface area contributed by atoms with Crippen LogP contribution in [0.5, 0.6) is 34.5 Å². The van der Waals surface area contributed by atoms with E-state index in [-0.39, 0.29) is 10.8 Å². The summed E-state index contributed by atoms with van der Waals surface area (Å²) in [5.41, 5.74) is 1.85. The molecule has 0 amide bonds. The Bertz CT molecular complexity index is 2270. The number of ether oxygens (including phenoxy) is 6. The fourth-order valence-electron chi connectivity index (χ4n) is 9.33. The van der Waals surface area contributed by atoms with Crippen molar-refractivity contribution in [3.63, 3.8) is 0 Å². The molecule has 0 saturated carbocycles. The fraction of sp³-hybridized carbons (Fsp3) is 0.585. The van der Waals surface area contributed by atoms with E-state index >= 15 is 0 Å². The van der Waals surface area contributed by atoms with Crippen molar-refractivity contribution >= 4 is 57.2 Å². The highest BCUT2D eigenvalue weighted by atomic mass is 32.1. The van der Waals surface area contributed by atoms with Gasteiger partial charge in [0.25, 0.3) is 0 Å². The van der Waals surface area contributed by atoms with E-state index in [1.54, 1.807) is 41.1 Å². The third kappa shape index (κ3) is 11.6. The van der Waals surface area contributed by atoms with Crippen LogP contribution in [0.1, 0.15) is 144 Å². The lowest BCUT2D eigenvalue weighted by atomic mass is 9.79. The minimum absolute atomic E-state index is 0.0341. The molecule has 1 aromatic carbocycles. The number of fused-ring (bicyclic) bond motifs is 2. The molecule has 0 radical (unpaired) electrons. The van der Waals surface area contributed by atoms with E-state index in [1.165, 1.54) is 43.4 Å². The highest BCUT2D eigenvalue weighted by Gasteiger charge is 2.39. The van der Waals surface area contributed by atoms with Crippen LogP contribution in [0.15, 0.2) is 41.8 Å². The van der Waals surface area contributed by atoms with E-state index in [9.17, 15) is 10.0 Å². The first-order valence-electron chi connectivity index (χ1n) is 24.9. The summed E-state index contributed by atoms with van der Waals surface area (Å²) >= 11 is 6.40. The Kier molecular flexibility index (Phi) is 18.3. The molecule has 4 aromatic heterocycles. The van der Waals surface area contributed by atoms with Gasteiger partial charge in [-0.3, -0.25) is 0 Å². The maximum atomic E-state index is 10.6. The first-order valence-corrected chi connectivity index (χ1v) is 28.2. The average molecular weight is 977 g/mol. The number of benzene rings is 1. The molecule has 5 aromatic rings. The molecular formula is C53H73BO8S4. The van der Waals surface area contributed by atoms with Gasteiger partial charge in [-0.15, -0.1) is 45.3 Å². The number of methoxy groups -OCH3 is 1. The predicted octanol–water partition coefficient (Wildman–Crippen LogP) is 15.2. The first-order chi connectivity index (χ1) is 32.1. The average Bonchev–Trinajstić information content (AvgIpc) is 4.14. The Labute approximate surface area is 411 Å². The molecule has 0 saturated heterocycles. The van der Waals surface area contributed by atoms with E-state index < -0.39 is 7.12 Å². The Morgan fingerprint density at radius 3 is 1.65 bits per heavy atom.